The maximum atomic E-state index is 13.0. The third-order valence-electron chi connectivity index (χ3n) is 5.92. The lowest BCUT2D eigenvalue weighted by Crippen LogP contribution is -2.39. The molecule has 0 aromatic heterocycles. The highest BCUT2D eigenvalue weighted by molar-refractivity contribution is 6.02. The number of aryl methyl sites for hydroxylation is 1. The molecular weight excluding hydrogens is 450 g/mol. The number of hydrogen-bond acceptors (Lipinski definition) is 6. The lowest BCUT2D eigenvalue weighted by molar-refractivity contribution is -0.129. The fourth-order valence-corrected chi connectivity index (χ4v) is 3.92. The molecule has 1 heterocycles. The number of amidine groups is 1. The number of nitrogens with two attached hydrogens (primary N) is 1. The van der Waals surface area contributed by atoms with E-state index < -0.39 is 24.3 Å². The minimum absolute atomic E-state index is 0.0555. The van der Waals surface area contributed by atoms with Crippen LogP contribution in [-0.4, -0.2) is 71.0 Å². The Hall–Kier alpha value is -3.76. The molecule has 6 N–H and O–H groups in total. The quantitative estimate of drug-likeness (QED) is 0.267. The van der Waals surface area contributed by atoms with Gasteiger partial charge in [0, 0.05) is 42.1 Å². The second kappa shape index (κ2) is 11.6. The van der Waals surface area contributed by atoms with Gasteiger partial charge in [0.15, 0.2) is 0 Å². The van der Waals surface area contributed by atoms with Gasteiger partial charge in [-0.3, -0.25) is 19.8 Å². The molecule has 1 aliphatic heterocycles. The van der Waals surface area contributed by atoms with Gasteiger partial charge in [-0.15, -0.1) is 0 Å². The summed E-state index contributed by atoms with van der Waals surface area (Å²) in [6.45, 7) is 2.82. The van der Waals surface area contributed by atoms with Crippen LogP contribution in [0.15, 0.2) is 42.5 Å². The molecule has 1 atom stereocenters. The molecule has 35 heavy (non-hydrogen) atoms. The number of benzene rings is 2. The smallest absolute Gasteiger partial charge is 0.254 e. The SMILES string of the molecule is Cc1ccc(N(CCO)C(=O)CC(O)C(=O)Nc2ccc(C(=N)N)cc2)cc1C(=O)N1CCCC1. The summed E-state index contributed by atoms with van der Waals surface area (Å²) < 4.78 is 0. The van der Waals surface area contributed by atoms with Crippen LogP contribution < -0.4 is 16.0 Å². The van der Waals surface area contributed by atoms with Crippen molar-refractivity contribution < 1.29 is 24.6 Å². The second-order valence-corrected chi connectivity index (χ2v) is 8.47. The van der Waals surface area contributed by atoms with E-state index in [0.717, 1.165) is 18.4 Å². The maximum Gasteiger partial charge on any atom is 0.254 e. The lowest BCUT2D eigenvalue weighted by atomic mass is 10.1. The van der Waals surface area contributed by atoms with Gasteiger partial charge in [-0.05, 0) is 61.7 Å². The molecule has 186 valence electrons. The van der Waals surface area contributed by atoms with Crippen molar-refractivity contribution in [3.63, 3.8) is 0 Å². The van der Waals surface area contributed by atoms with Gasteiger partial charge in [0.05, 0.1) is 13.0 Å². The van der Waals surface area contributed by atoms with Crippen LogP contribution in [0.4, 0.5) is 11.4 Å². The fraction of sp³-hybridized carbons (Fsp3) is 0.360. The first-order valence-corrected chi connectivity index (χ1v) is 11.5. The van der Waals surface area contributed by atoms with Gasteiger partial charge in [0.25, 0.3) is 11.8 Å². The van der Waals surface area contributed by atoms with Crippen LogP contribution in [0, 0.1) is 12.3 Å². The summed E-state index contributed by atoms with van der Waals surface area (Å²) in [5, 5.41) is 29.8. The van der Waals surface area contributed by atoms with E-state index in [1.807, 2.05) is 6.92 Å². The zero-order valence-electron chi connectivity index (χ0n) is 19.7. The molecule has 0 aliphatic carbocycles. The van der Waals surface area contributed by atoms with Crippen LogP contribution >= 0.6 is 0 Å². The standard InChI is InChI=1S/C25H31N5O5/c1-16-4-9-19(14-20(16)25(35)29-10-2-3-11-29)30(12-13-31)22(33)15-21(32)24(34)28-18-7-5-17(6-8-18)23(26)27/h4-9,14,21,31-32H,2-3,10-13,15H2,1H3,(H3,26,27)(H,28,34). The predicted octanol–water partition coefficient (Wildman–Crippen LogP) is 1.23. The van der Waals surface area contributed by atoms with Crippen molar-refractivity contribution in [1.82, 2.24) is 4.90 Å². The number of anilines is 2. The van der Waals surface area contributed by atoms with Crippen molar-refractivity contribution in [2.45, 2.75) is 32.3 Å². The predicted molar refractivity (Wildman–Crippen MR) is 132 cm³/mol. The fourth-order valence-electron chi connectivity index (χ4n) is 3.92. The highest BCUT2D eigenvalue weighted by Gasteiger charge is 2.26. The molecule has 0 spiro atoms. The molecule has 10 heteroatoms. The van der Waals surface area contributed by atoms with Crippen molar-refractivity contribution in [3.05, 3.63) is 59.2 Å². The number of hydrogen-bond donors (Lipinski definition) is 5. The number of aliphatic hydroxyl groups excluding tert-OH is 2. The number of amides is 3. The Bertz CT molecular complexity index is 1100. The van der Waals surface area contributed by atoms with Gasteiger partial charge in [-0.2, -0.15) is 0 Å². The van der Waals surface area contributed by atoms with Crippen molar-refractivity contribution in [1.29, 1.82) is 5.41 Å². The summed E-state index contributed by atoms with van der Waals surface area (Å²) in [5.41, 5.74) is 7.93. The zero-order valence-corrected chi connectivity index (χ0v) is 19.7. The molecule has 3 amide bonds. The van der Waals surface area contributed by atoms with E-state index in [-0.39, 0.29) is 24.9 Å². The van der Waals surface area contributed by atoms with Crippen molar-refractivity contribution in [3.8, 4) is 0 Å². The number of nitrogen functional groups attached to an aromatic ring is 1. The van der Waals surface area contributed by atoms with Crippen LogP contribution in [0.5, 0.6) is 0 Å². The Balaban J connectivity index is 1.70. The summed E-state index contributed by atoms with van der Waals surface area (Å²) in [5.74, 6) is -1.56. The molecule has 1 saturated heterocycles. The van der Waals surface area contributed by atoms with Crippen LogP contribution in [-0.2, 0) is 9.59 Å². The summed E-state index contributed by atoms with van der Waals surface area (Å²) in [6, 6.07) is 11.2. The highest BCUT2D eigenvalue weighted by Crippen LogP contribution is 2.23. The largest absolute Gasteiger partial charge is 0.395 e. The molecule has 1 unspecified atom stereocenters. The molecule has 2 aromatic carbocycles. The molecule has 1 aliphatic rings. The van der Waals surface area contributed by atoms with Crippen molar-refractivity contribution >= 4 is 34.9 Å². The molecule has 1 fully saturated rings. The van der Waals surface area contributed by atoms with Gasteiger partial charge in [-0.1, -0.05) is 6.07 Å². The molecular formula is C25H31N5O5. The number of likely N-dealkylation sites (tertiary alicyclic amines) is 1. The summed E-state index contributed by atoms with van der Waals surface area (Å²) in [7, 11) is 0. The Labute approximate surface area is 203 Å². The Morgan fingerprint density at radius 2 is 1.80 bits per heavy atom. The average molecular weight is 482 g/mol. The van der Waals surface area contributed by atoms with Gasteiger partial charge in [0.1, 0.15) is 11.9 Å². The number of nitrogens with one attached hydrogen (secondary N) is 2. The van der Waals surface area contributed by atoms with E-state index in [2.05, 4.69) is 5.32 Å². The third kappa shape index (κ3) is 6.43. The minimum Gasteiger partial charge on any atom is -0.395 e. The van der Waals surface area contributed by atoms with Crippen LogP contribution in [0.3, 0.4) is 0 Å². The van der Waals surface area contributed by atoms with Gasteiger partial charge in [-0.25, -0.2) is 0 Å². The Morgan fingerprint density at radius 1 is 1.14 bits per heavy atom. The van der Waals surface area contributed by atoms with E-state index in [0.29, 0.717) is 35.6 Å². The number of carbonyl (C=O) groups is 3. The first-order chi connectivity index (χ1) is 16.7. The molecule has 3 rings (SSSR count). The minimum atomic E-state index is -1.63. The first kappa shape index (κ1) is 25.9. The average Bonchev–Trinajstić information content (AvgIpc) is 3.38. The Kier molecular flexibility index (Phi) is 8.56. The van der Waals surface area contributed by atoms with Crippen LogP contribution in [0.1, 0.15) is 40.7 Å². The van der Waals surface area contributed by atoms with E-state index in [4.69, 9.17) is 11.1 Å². The molecule has 10 nitrogen and oxygen atoms in total. The number of nitrogens with zero attached hydrogens (tertiary/aromatic N) is 2. The van der Waals surface area contributed by atoms with E-state index in [9.17, 15) is 24.6 Å². The maximum absolute atomic E-state index is 13.0. The van der Waals surface area contributed by atoms with Crippen LogP contribution in [0.2, 0.25) is 0 Å². The van der Waals surface area contributed by atoms with Crippen molar-refractivity contribution in [2.75, 3.05) is 36.5 Å². The monoisotopic (exact) mass is 481 g/mol. The zero-order chi connectivity index (χ0) is 25.5. The molecule has 0 saturated carbocycles. The van der Waals surface area contributed by atoms with E-state index in [1.165, 1.54) is 17.0 Å². The number of carbonyl (C=O) groups excluding carboxylic acids is 3. The van der Waals surface area contributed by atoms with E-state index >= 15 is 0 Å². The summed E-state index contributed by atoms with van der Waals surface area (Å²) in [6.07, 6.45) is -0.228. The topological polar surface area (TPSA) is 160 Å². The van der Waals surface area contributed by atoms with Gasteiger partial charge >= 0.3 is 0 Å². The van der Waals surface area contributed by atoms with E-state index in [1.54, 1.807) is 35.2 Å². The van der Waals surface area contributed by atoms with Gasteiger partial charge in [0.2, 0.25) is 5.91 Å². The molecule has 2 aromatic rings. The number of aliphatic hydroxyl groups is 2. The molecule has 0 bridgehead atoms. The molecule has 0 radical (unpaired) electrons. The van der Waals surface area contributed by atoms with Crippen molar-refractivity contribution in [2.24, 2.45) is 5.73 Å². The summed E-state index contributed by atoms with van der Waals surface area (Å²) in [4.78, 5) is 41.4. The Morgan fingerprint density at radius 3 is 2.40 bits per heavy atom. The second-order valence-electron chi connectivity index (χ2n) is 8.47. The third-order valence-corrected chi connectivity index (χ3v) is 5.92. The highest BCUT2D eigenvalue weighted by atomic mass is 16.3. The lowest BCUT2D eigenvalue weighted by Gasteiger charge is -2.25. The van der Waals surface area contributed by atoms with Gasteiger partial charge < -0.3 is 31.1 Å². The summed E-state index contributed by atoms with van der Waals surface area (Å²) >= 11 is 0. The van der Waals surface area contributed by atoms with Crippen LogP contribution in [0.25, 0.3) is 0 Å². The first-order valence-electron chi connectivity index (χ1n) is 11.5. The normalized spacial score (nSPS) is 13.9. The number of rotatable bonds is 9.